The summed E-state index contributed by atoms with van der Waals surface area (Å²) in [5.41, 5.74) is 4.84. The number of nitrogens with one attached hydrogen (secondary N) is 2. The van der Waals surface area contributed by atoms with E-state index in [9.17, 15) is 18.0 Å². The van der Waals surface area contributed by atoms with Gasteiger partial charge in [-0.3, -0.25) is 9.59 Å². The van der Waals surface area contributed by atoms with Crippen molar-refractivity contribution in [3.05, 3.63) is 70.3 Å². The van der Waals surface area contributed by atoms with Crippen molar-refractivity contribution in [2.75, 3.05) is 7.05 Å². The zero-order chi connectivity index (χ0) is 21.6. The van der Waals surface area contributed by atoms with E-state index in [0.717, 1.165) is 18.4 Å². The van der Waals surface area contributed by atoms with Gasteiger partial charge in [-0.15, -0.1) is 0 Å². The SMILES string of the molecule is CNS(=O)(=O)Cc1ccc(CNC(=O)CCC(=O)c2ccc3c(c2)CCCC3)cc1. The average molecular weight is 429 g/mol. The van der Waals surface area contributed by atoms with E-state index >= 15 is 0 Å². The van der Waals surface area contributed by atoms with Crippen molar-refractivity contribution in [2.24, 2.45) is 0 Å². The first-order valence-electron chi connectivity index (χ1n) is 10.3. The first kappa shape index (κ1) is 22.2. The highest BCUT2D eigenvalue weighted by atomic mass is 32.2. The van der Waals surface area contributed by atoms with E-state index in [-0.39, 0.29) is 30.3 Å². The van der Waals surface area contributed by atoms with Crippen molar-refractivity contribution in [2.45, 2.75) is 50.8 Å². The van der Waals surface area contributed by atoms with E-state index < -0.39 is 10.0 Å². The molecule has 6 nitrogen and oxygen atoms in total. The lowest BCUT2D eigenvalue weighted by Gasteiger charge is -2.16. The topological polar surface area (TPSA) is 92.3 Å². The summed E-state index contributed by atoms with van der Waals surface area (Å²) in [4.78, 5) is 24.6. The van der Waals surface area contributed by atoms with Crippen LogP contribution in [-0.2, 0) is 40.0 Å². The van der Waals surface area contributed by atoms with Gasteiger partial charge in [-0.25, -0.2) is 13.1 Å². The Labute approximate surface area is 178 Å². The first-order valence-corrected chi connectivity index (χ1v) is 11.9. The number of hydrogen-bond acceptors (Lipinski definition) is 4. The van der Waals surface area contributed by atoms with Crippen LogP contribution in [0.4, 0.5) is 0 Å². The molecule has 3 rings (SSSR count). The number of rotatable bonds is 9. The maximum atomic E-state index is 12.5. The fourth-order valence-electron chi connectivity index (χ4n) is 3.61. The van der Waals surface area contributed by atoms with Gasteiger partial charge in [-0.2, -0.15) is 0 Å². The molecule has 0 spiro atoms. The van der Waals surface area contributed by atoms with Gasteiger partial charge in [-0.1, -0.05) is 36.4 Å². The van der Waals surface area contributed by atoms with Gasteiger partial charge in [0.2, 0.25) is 15.9 Å². The van der Waals surface area contributed by atoms with Crippen LogP contribution in [0.5, 0.6) is 0 Å². The highest BCUT2D eigenvalue weighted by Crippen LogP contribution is 2.23. The van der Waals surface area contributed by atoms with E-state index in [4.69, 9.17) is 0 Å². The molecule has 7 heteroatoms. The Morgan fingerprint density at radius 3 is 2.27 bits per heavy atom. The Morgan fingerprint density at radius 2 is 1.57 bits per heavy atom. The number of sulfonamides is 1. The smallest absolute Gasteiger partial charge is 0.220 e. The Kier molecular flexibility index (Phi) is 7.39. The minimum atomic E-state index is -3.31. The molecule has 1 amide bonds. The predicted molar refractivity (Wildman–Crippen MR) is 117 cm³/mol. The number of carbonyl (C=O) groups is 2. The molecule has 0 atom stereocenters. The van der Waals surface area contributed by atoms with Crippen molar-refractivity contribution in [1.29, 1.82) is 0 Å². The van der Waals surface area contributed by atoms with Gasteiger partial charge < -0.3 is 5.32 Å². The summed E-state index contributed by atoms with van der Waals surface area (Å²) in [6, 6.07) is 13.0. The lowest BCUT2D eigenvalue weighted by molar-refractivity contribution is -0.121. The van der Waals surface area contributed by atoms with E-state index in [1.807, 2.05) is 18.2 Å². The van der Waals surface area contributed by atoms with Crippen molar-refractivity contribution < 1.29 is 18.0 Å². The van der Waals surface area contributed by atoms with Crippen molar-refractivity contribution in [1.82, 2.24) is 10.0 Å². The molecule has 160 valence electrons. The molecule has 1 aliphatic rings. The second kappa shape index (κ2) is 10.00. The molecule has 0 saturated heterocycles. The van der Waals surface area contributed by atoms with Crippen LogP contribution in [0.2, 0.25) is 0 Å². The minimum Gasteiger partial charge on any atom is -0.352 e. The molecule has 2 N–H and O–H groups in total. The quantitative estimate of drug-likeness (QED) is 0.601. The maximum absolute atomic E-state index is 12.5. The van der Waals surface area contributed by atoms with Crippen molar-refractivity contribution in [3.8, 4) is 0 Å². The second-order valence-corrected chi connectivity index (χ2v) is 9.60. The van der Waals surface area contributed by atoms with Crippen LogP contribution in [0.1, 0.15) is 58.3 Å². The average Bonchev–Trinajstić information content (AvgIpc) is 2.76. The zero-order valence-electron chi connectivity index (χ0n) is 17.2. The molecule has 0 unspecified atom stereocenters. The third kappa shape index (κ3) is 6.24. The minimum absolute atomic E-state index is 0.00591. The summed E-state index contributed by atoms with van der Waals surface area (Å²) in [5.74, 6) is -0.266. The fourth-order valence-corrected chi connectivity index (χ4v) is 4.39. The number of carbonyl (C=O) groups excluding carboxylic acids is 2. The Balaban J connectivity index is 1.45. The van der Waals surface area contributed by atoms with Crippen LogP contribution in [0.25, 0.3) is 0 Å². The fraction of sp³-hybridized carbons (Fsp3) is 0.391. The van der Waals surface area contributed by atoms with Crippen LogP contribution in [0.15, 0.2) is 42.5 Å². The number of amides is 1. The monoisotopic (exact) mass is 428 g/mol. The number of Topliss-reactive ketones (excluding diaryl/α,β-unsaturated/α-hetero) is 1. The molecule has 2 aromatic rings. The van der Waals surface area contributed by atoms with E-state index in [1.165, 1.54) is 31.0 Å². The molecule has 0 heterocycles. The predicted octanol–water partition coefficient (Wildman–Crippen LogP) is 2.89. The summed E-state index contributed by atoms with van der Waals surface area (Å²) >= 11 is 0. The van der Waals surface area contributed by atoms with Crippen molar-refractivity contribution >= 4 is 21.7 Å². The van der Waals surface area contributed by atoms with Gasteiger partial charge in [0.1, 0.15) is 0 Å². The lowest BCUT2D eigenvalue weighted by atomic mass is 9.89. The van der Waals surface area contributed by atoms with Crippen LogP contribution >= 0.6 is 0 Å². The van der Waals surface area contributed by atoms with E-state index in [1.54, 1.807) is 24.3 Å². The molecule has 0 radical (unpaired) electrons. The normalized spacial score (nSPS) is 13.5. The molecule has 0 saturated carbocycles. The molecule has 2 aromatic carbocycles. The number of benzene rings is 2. The number of ketones is 1. The van der Waals surface area contributed by atoms with Crippen LogP contribution in [-0.4, -0.2) is 27.2 Å². The summed E-state index contributed by atoms with van der Waals surface area (Å²) in [7, 11) is -1.92. The molecule has 0 bridgehead atoms. The standard InChI is InChI=1S/C23H28N2O4S/c1-24-30(28,29)16-18-8-6-17(7-9-18)15-25-23(27)13-12-22(26)21-11-10-19-4-2-3-5-20(19)14-21/h6-11,14,24H,2-5,12-13,15-16H2,1H3,(H,25,27). The summed E-state index contributed by atoms with van der Waals surface area (Å²) in [6.45, 7) is 0.338. The van der Waals surface area contributed by atoms with E-state index in [0.29, 0.717) is 17.7 Å². The zero-order valence-corrected chi connectivity index (χ0v) is 18.1. The Hall–Kier alpha value is -2.51. The lowest BCUT2D eigenvalue weighted by Crippen LogP contribution is -2.23. The molecule has 30 heavy (non-hydrogen) atoms. The number of aryl methyl sites for hydroxylation is 2. The second-order valence-electron chi connectivity index (χ2n) is 7.67. The van der Waals surface area contributed by atoms with Crippen molar-refractivity contribution in [3.63, 3.8) is 0 Å². The summed E-state index contributed by atoms with van der Waals surface area (Å²) < 4.78 is 25.4. The van der Waals surface area contributed by atoms with Gasteiger partial charge in [0.05, 0.1) is 5.75 Å². The first-order chi connectivity index (χ1) is 14.4. The third-order valence-corrected chi connectivity index (χ3v) is 6.77. The van der Waals surface area contributed by atoms with Gasteiger partial charge >= 0.3 is 0 Å². The molecular weight excluding hydrogens is 400 g/mol. The molecule has 0 aromatic heterocycles. The van der Waals surface area contributed by atoms with Crippen LogP contribution in [0, 0.1) is 0 Å². The maximum Gasteiger partial charge on any atom is 0.220 e. The molecular formula is C23H28N2O4S. The highest BCUT2D eigenvalue weighted by Gasteiger charge is 2.14. The largest absolute Gasteiger partial charge is 0.352 e. The number of fused-ring (bicyclic) bond motifs is 1. The van der Waals surface area contributed by atoms with Gasteiger partial charge in [-0.05, 0) is 61.1 Å². The van der Waals surface area contributed by atoms with Gasteiger partial charge in [0, 0.05) is 24.9 Å². The Bertz CT molecular complexity index is 1010. The summed E-state index contributed by atoms with van der Waals surface area (Å²) in [5, 5.41) is 2.81. The van der Waals surface area contributed by atoms with E-state index in [2.05, 4.69) is 10.0 Å². The van der Waals surface area contributed by atoms with Gasteiger partial charge in [0.25, 0.3) is 0 Å². The highest BCUT2D eigenvalue weighted by molar-refractivity contribution is 7.88. The summed E-state index contributed by atoms with van der Waals surface area (Å²) in [6.07, 6.45) is 4.81. The number of hydrogen-bond donors (Lipinski definition) is 2. The Morgan fingerprint density at radius 1 is 0.900 bits per heavy atom. The van der Waals surface area contributed by atoms with Crippen LogP contribution < -0.4 is 10.0 Å². The molecule has 1 aliphatic carbocycles. The third-order valence-electron chi connectivity index (χ3n) is 5.43. The van der Waals surface area contributed by atoms with Gasteiger partial charge in [0.15, 0.2) is 5.78 Å². The molecule has 0 fully saturated rings. The van der Waals surface area contributed by atoms with Crippen LogP contribution in [0.3, 0.4) is 0 Å². The molecule has 0 aliphatic heterocycles.